The molecule has 1 aromatic carbocycles. The van der Waals surface area contributed by atoms with E-state index in [1.165, 1.54) is 11.0 Å². The van der Waals surface area contributed by atoms with Crippen LogP contribution in [0.1, 0.15) is 31.9 Å². The molecule has 0 unspecified atom stereocenters. The van der Waals surface area contributed by atoms with Crippen LogP contribution in [0.15, 0.2) is 12.1 Å². The van der Waals surface area contributed by atoms with Gasteiger partial charge in [0.15, 0.2) is 0 Å². The zero-order valence-electron chi connectivity index (χ0n) is 12.4. The Balaban J connectivity index is 2.19. The molecule has 2 rings (SSSR count). The van der Waals surface area contributed by atoms with Gasteiger partial charge in [0.1, 0.15) is 11.4 Å². The summed E-state index contributed by atoms with van der Waals surface area (Å²) in [6.45, 7) is 5.96. The monoisotopic (exact) mass is 295 g/mol. The van der Waals surface area contributed by atoms with E-state index in [0.29, 0.717) is 24.1 Å². The topological polar surface area (TPSA) is 70.0 Å². The van der Waals surface area contributed by atoms with E-state index in [0.717, 1.165) is 0 Å². The number of rotatable bonds is 1. The van der Waals surface area contributed by atoms with Crippen molar-refractivity contribution in [3.63, 3.8) is 0 Å². The lowest BCUT2D eigenvalue weighted by molar-refractivity contribution is 0.0223. The number of hydrogen-bond acceptors (Lipinski definition) is 4. The third-order valence-corrected chi connectivity index (χ3v) is 3.29. The Labute approximate surface area is 123 Å². The van der Waals surface area contributed by atoms with Crippen molar-refractivity contribution in [2.24, 2.45) is 0 Å². The Morgan fingerprint density at radius 2 is 2.05 bits per heavy atom. The molecule has 1 aliphatic rings. The minimum absolute atomic E-state index is 0.139. The van der Waals surface area contributed by atoms with Crippen LogP contribution in [0.3, 0.4) is 0 Å². The summed E-state index contributed by atoms with van der Waals surface area (Å²) < 4.78 is 19.4. The molecule has 2 N–H and O–H groups in total. The maximum Gasteiger partial charge on any atom is 0.491 e. The van der Waals surface area contributed by atoms with Gasteiger partial charge in [0.25, 0.3) is 0 Å². The molecule has 1 heterocycles. The lowest BCUT2D eigenvalue weighted by Crippen LogP contribution is -2.41. The highest BCUT2D eigenvalue weighted by molar-refractivity contribution is 6.58. The summed E-state index contributed by atoms with van der Waals surface area (Å²) in [6, 6.07) is 2.95. The summed E-state index contributed by atoms with van der Waals surface area (Å²) in [7, 11) is -1.83. The van der Waals surface area contributed by atoms with Gasteiger partial charge in [-0.2, -0.15) is 0 Å². The van der Waals surface area contributed by atoms with Crippen LogP contribution in [0.5, 0.6) is 0 Å². The third kappa shape index (κ3) is 3.54. The fraction of sp³-hybridized carbons (Fsp3) is 0.500. The summed E-state index contributed by atoms with van der Waals surface area (Å²) in [5.41, 5.74) is 0.377. The molecule has 21 heavy (non-hydrogen) atoms. The summed E-state index contributed by atoms with van der Waals surface area (Å²) >= 11 is 0. The van der Waals surface area contributed by atoms with Gasteiger partial charge in [-0.1, -0.05) is 12.1 Å². The van der Waals surface area contributed by atoms with Crippen molar-refractivity contribution >= 4 is 18.7 Å². The van der Waals surface area contributed by atoms with E-state index in [4.69, 9.17) is 14.8 Å². The van der Waals surface area contributed by atoms with E-state index in [2.05, 4.69) is 0 Å². The second-order valence-electron chi connectivity index (χ2n) is 6.13. The zero-order chi connectivity index (χ0) is 15.8. The molecule has 1 aliphatic heterocycles. The molecule has 5 nitrogen and oxygen atoms in total. The minimum Gasteiger partial charge on any atom is -0.444 e. The van der Waals surface area contributed by atoms with Crippen LogP contribution in [-0.4, -0.2) is 40.3 Å². The summed E-state index contributed by atoms with van der Waals surface area (Å²) in [5.74, 6) is -0.605. The Morgan fingerprint density at radius 1 is 1.38 bits per heavy atom. The van der Waals surface area contributed by atoms with E-state index >= 15 is 0 Å². The summed E-state index contributed by atoms with van der Waals surface area (Å²) in [4.78, 5) is 13.5. The van der Waals surface area contributed by atoms with Crippen molar-refractivity contribution in [1.29, 1.82) is 0 Å². The van der Waals surface area contributed by atoms with Crippen molar-refractivity contribution in [3.05, 3.63) is 29.1 Å². The van der Waals surface area contributed by atoms with E-state index in [1.807, 2.05) is 0 Å². The Hall–Kier alpha value is -1.60. The predicted octanol–water partition coefficient (Wildman–Crippen LogP) is 0.799. The fourth-order valence-electron chi connectivity index (χ4n) is 2.31. The standard InChI is InChI=1S/C14H19BFNO4/c1-14(2,3)21-13(18)17-7-6-10-9(8-17)4-5-11(12(10)16)15(19)20/h4-5,19-20H,6-8H2,1-3H3. The Kier molecular flexibility index (Phi) is 4.25. The smallest absolute Gasteiger partial charge is 0.444 e. The molecular weight excluding hydrogens is 276 g/mol. The van der Waals surface area contributed by atoms with Crippen LogP contribution < -0.4 is 5.46 Å². The van der Waals surface area contributed by atoms with Crippen molar-refractivity contribution in [2.75, 3.05) is 6.54 Å². The number of amides is 1. The number of carbonyl (C=O) groups is 1. The minimum atomic E-state index is -1.83. The van der Waals surface area contributed by atoms with Gasteiger partial charge in [0, 0.05) is 18.6 Å². The number of halogens is 1. The largest absolute Gasteiger partial charge is 0.491 e. The molecule has 0 bridgehead atoms. The van der Waals surface area contributed by atoms with Crippen LogP contribution in [0.4, 0.5) is 9.18 Å². The molecule has 0 atom stereocenters. The van der Waals surface area contributed by atoms with Crippen molar-refractivity contribution in [2.45, 2.75) is 39.3 Å². The Bertz CT molecular complexity index is 557. The summed E-state index contributed by atoms with van der Waals surface area (Å²) in [6.07, 6.45) is -0.110. The quantitative estimate of drug-likeness (QED) is 0.752. The molecule has 0 aliphatic carbocycles. The van der Waals surface area contributed by atoms with Crippen molar-refractivity contribution < 1.29 is 24.0 Å². The molecule has 0 fully saturated rings. The van der Waals surface area contributed by atoms with Crippen molar-refractivity contribution in [1.82, 2.24) is 4.90 Å². The van der Waals surface area contributed by atoms with Crippen LogP contribution in [0, 0.1) is 5.82 Å². The van der Waals surface area contributed by atoms with Gasteiger partial charge in [-0.15, -0.1) is 0 Å². The highest BCUT2D eigenvalue weighted by Gasteiger charge is 2.29. The van der Waals surface area contributed by atoms with E-state index in [9.17, 15) is 9.18 Å². The van der Waals surface area contributed by atoms with Crippen molar-refractivity contribution in [3.8, 4) is 0 Å². The summed E-state index contributed by atoms with van der Waals surface area (Å²) in [5, 5.41) is 18.2. The van der Waals surface area contributed by atoms with Crippen LogP contribution in [0.25, 0.3) is 0 Å². The van der Waals surface area contributed by atoms with E-state index < -0.39 is 24.6 Å². The maximum absolute atomic E-state index is 14.1. The van der Waals surface area contributed by atoms with Gasteiger partial charge in [-0.3, -0.25) is 0 Å². The second kappa shape index (κ2) is 5.65. The maximum atomic E-state index is 14.1. The van der Waals surface area contributed by atoms with E-state index in [1.54, 1.807) is 26.8 Å². The molecule has 7 heteroatoms. The number of benzene rings is 1. The first kappa shape index (κ1) is 15.8. The molecule has 0 saturated carbocycles. The number of carbonyl (C=O) groups excluding carboxylic acids is 1. The van der Waals surface area contributed by atoms with Gasteiger partial charge < -0.3 is 19.7 Å². The molecule has 1 amide bonds. The fourth-order valence-corrected chi connectivity index (χ4v) is 2.31. The third-order valence-electron chi connectivity index (χ3n) is 3.29. The first-order chi connectivity index (χ1) is 9.69. The van der Waals surface area contributed by atoms with Gasteiger partial charge in [0.05, 0.1) is 0 Å². The first-order valence-electron chi connectivity index (χ1n) is 6.83. The van der Waals surface area contributed by atoms with E-state index in [-0.39, 0.29) is 12.0 Å². The van der Waals surface area contributed by atoms with Gasteiger partial charge in [0.2, 0.25) is 0 Å². The molecular formula is C14H19BFNO4. The molecule has 0 aromatic heterocycles. The predicted molar refractivity (Wildman–Crippen MR) is 76.6 cm³/mol. The molecule has 1 aromatic rings. The molecule has 114 valence electrons. The molecule has 0 saturated heterocycles. The average Bonchev–Trinajstić information content (AvgIpc) is 2.36. The highest BCUT2D eigenvalue weighted by Crippen LogP contribution is 2.22. The van der Waals surface area contributed by atoms with Crippen LogP contribution >= 0.6 is 0 Å². The highest BCUT2D eigenvalue weighted by atomic mass is 19.1. The number of nitrogens with zero attached hydrogens (tertiary/aromatic N) is 1. The number of hydrogen-bond donors (Lipinski definition) is 2. The molecule has 0 spiro atoms. The molecule has 0 radical (unpaired) electrons. The Morgan fingerprint density at radius 3 is 2.62 bits per heavy atom. The first-order valence-corrected chi connectivity index (χ1v) is 6.83. The lowest BCUT2D eigenvalue weighted by atomic mass is 9.77. The number of ether oxygens (including phenoxy) is 1. The van der Waals surface area contributed by atoms with Crippen LogP contribution in [0.2, 0.25) is 0 Å². The second-order valence-corrected chi connectivity index (χ2v) is 6.13. The average molecular weight is 295 g/mol. The van der Waals surface area contributed by atoms with Gasteiger partial charge in [-0.25, -0.2) is 9.18 Å². The number of fused-ring (bicyclic) bond motifs is 1. The zero-order valence-corrected chi connectivity index (χ0v) is 12.4. The lowest BCUT2D eigenvalue weighted by Gasteiger charge is -2.31. The SMILES string of the molecule is CC(C)(C)OC(=O)N1CCc2c(ccc(B(O)O)c2F)C1. The van der Waals surface area contributed by atoms with Gasteiger partial charge >= 0.3 is 13.2 Å². The van der Waals surface area contributed by atoms with Gasteiger partial charge in [-0.05, 0) is 38.3 Å². The normalized spacial score (nSPS) is 14.7. The van der Waals surface area contributed by atoms with Crippen LogP contribution in [-0.2, 0) is 17.7 Å².